The molecule has 8 nitrogen and oxygen atoms in total. The SMILES string of the molecule is COc1ccc(OC)c2cc3c(cc12)C3=C(c1ccc([N+](=O)[O-])cc1)c1ccc([N+](=O)[O-])cc1. The first-order chi connectivity index (χ1) is 16.4. The summed E-state index contributed by atoms with van der Waals surface area (Å²) in [5.74, 6) is 1.44. The van der Waals surface area contributed by atoms with Crippen LogP contribution in [0.2, 0.25) is 0 Å². The second-order valence-electron chi connectivity index (χ2n) is 7.77. The highest BCUT2D eigenvalue weighted by Crippen LogP contribution is 2.53. The maximum Gasteiger partial charge on any atom is 0.269 e. The fourth-order valence-corrected chi connectivity index (χ4v) is 4.28. The van der Waals surface area contributed by atoms with Crippen LogP contribution in [0.15, 0.2) is 72.8 Å². The summed E-state index contributed by atoms with van der Waals surface area (Å²) in [6.07, 6.45) is 0. The fourth-order valence-electron chi connectivity index (χ4n) is 4.28. The maximum absolute atomic E-state index is 11.1. The number of benzene rings is 4. The molecule has 0 atom stereocenters. The molecule has 8 heteroatoms. The standard InChI is InChI=1S/C26H18N2O6/c1-33-23-11-12-24(34-2)20-14-22-21(13-19(20)23)26(22)25(15-3-7-17(8-4-15)27(29)30)16-5-9-18(10-6-16)28(31)32/h3-14H,1-2H3. The van der Waals surface area contributed by atoms with Gasteiger partial charge in [-0.1, -0.05) is 0 Å². The van der Waals surface area contributed by atoms with Crippen molar-refractivity contribution in [3.8, 4) is 11.5 Å². The molecule has 0 aromatic heterocycles. The number of ether oxygens (including phenoxy) is 2. The van der Waals surface area contributed by atoms with Gasteiger partial charge in [0.25, 0.3) is 11.4 Å². The number of hydrogen-bond acceptors (Lipinski definition) is 6. The first-order valence-corrected chi connectivity index (χ1v) is 10.4. The number of hydrogen-bond donors (Lipinski definition) is 0. The maximum atomic E-state index is 11.1. The van der Waals surface area contributed by atoms with Gasteiger partial charge in [-0.2, -0.15) is 0 Å². The molecule has 1 aliphatic carbocycles. The van der Waals surface area contributed by atoms with Crippen LogP contribution in [0.3, 0.4) is 0 Å². The molecule has 1 aliphatic rings. The van der Waals surface area contributed by atoms with Crippen molar-refractivity contribution in [1.82, 2.24) is 0 Å². The van der Waals surface area contributed by atoms with Crippen molar-refractivity contribution in [2.24, 2.45) is 0 Å². The largest absolute Gasteiger partial charge is 0.496 e. The molecule has 4 aromatic rings. The highest BCUT2D eigenvalue weighted by molar-refractivity contribution is 6.19. The van der Waals surface area contributed by atoms with Crippen LogP contribution in [-0.2, 0) is 0 Å². The summed E-state index contributed by atoms with van der Waals surface area (Å²) in [5.41, 5.74) is 5.38. The topological polar surface area (TPSA) is 105 Å². The van der Waals surface area contributed by atoms with E-state index in [0.29, 0.717) is 0 Å². The predicted octanol–water partition coefficient (Wildman–Crippen LogP) is 5.99. The van der Waals surface area contributed by atoms with Gasteiger partial charge in [0.15, 0.2) is 0 Å². The van der Waals surface area contributed by atoms with E-state index in [0.717, 1.165) is 55.7 Å². The van der Waals surface area contributed by atoms with E-state index in [1.54, 1.807) is 38.5 Å². The molecular weight excluding hydrogens is 436 g/mol. The third-order valence-corrected chi connectivity index (χ3v) is 5.97. The number of methoxy groups -OCH3 is 2. The molecule has 0 amide bonds. The van der Waals surface area contributed by atoms with Gasteiger partial charge in [0.2, 0.25) is 0 Å². The zero-order chi connectivity index (χ0) is 24.0. The number of rotatable bonds is 6. The third-order valence-electron chi connectivity index (χ3n) is 5.97. The molecule has 0 radical (unpaired) electrons. The quantitative estimate of drug-likeness (QED) is 0.230. The highest BCUT2D eigenvalue weighted by Gasteiger charge is 2.32. The summed E-state index contributed by atoms with van der Waals surface area (Å²) < 4.78 is 11.1. The van der Waals surface area contributed by atoms with Crippen LogP contribution in [0.25, 0.3) is 21.9 Å². The van der Waals surface area contributed by atoms with Crippen molar-refractivity contribution in [3.05, 3.63) is 115 Å². The molecule has 0 fully saturated rings. The van der Waals surface area contributed by atoms with Crippen LogP contribution < -0.4 is 9.47 Å². The van der Waals surface area contributed by atoms with Gasteiger partial charge in [-0.05, 0) is 81.9 Å². The van der Waals surface area contributed by atoms with E-state index in [2.05, 4.69) is 0 Å². The van der Waals surface area contributed by atoms with Gasteiger partial charge in [0, 0.05) is 35.0 Å². The second-order valence-corrected chi connectivity index (χ2v) is 7.77. The summed E-state index contributed by atoms with van der Waals surface area (Å²) in [5, 5.41) is 24.1. The molecule has 0 bridgehead atoms. The molecule has 168 valence electrons. The fraction of sp³-hybridized carbons (Fsp3) is 0.0769. The summed E-state index contributed by atoms with van der Waals surface area (Å²) in [6, 6.07) is 20.4. The first kappa shape index (κ1) is 21.1. The molecule has 0 spiro atoms. The summed E-state index contributed by atoms with van der Waals surface area (Å²) >= 11 is 0. The van der Waals surface area contributed by atoms with Crippen LogP contribution in [0.5, 0.6) is 11.5 Å². The normalized spacial score (nSPS) is 11.6. The molecule has 5 rings (SSSR count). The first-order valence-electron chi connectivity index (χ1n) is 10.4. The van der Waals surface area contributed by atoms with E-state index < -0.39 is 9.85 Å². The molecule has 0 N–H and O–H groups in total. The Morgan fingerprint density at radius 2 is 1.03 bits per heavy atom. The van der Waals surface area contributed by atoms with E-state index in [4.69, 9.17) is 9.47 Å². The van der Waals surface area contributed by atoms with Gasteiger partial charge in [-0.25, -0.2) is 0 Å². The lowest BCUT2D eigenvalue weighted by Crippen LogP contribution is -1.92. The van der Waals surface area contributed by atoms with Crippen LogP contribution in [0, 0.1) is 20.2 Å². The molecule has 4 aromatic carbocycles. The van der Waals surface area contributed by atoms with Gasteiger partial charge in [0.05, 0.1) is 24.1 Å². The molecule has 0 saturated carbocycles. The number of nitro groups is 2. The number of nitro benzene ring substituents is 2. The minimum atomic E-state index is -0.445. The average molecular weight is 454 g/mol. The molecule has 0 heterocycles. The molecule has 0 aliphatic heterocycles. The van der Waals surface area contributed by atoms with Crippen LogP contribution >= 0.6 is 0 Å². The zero-order valence-corrected chi connectivity index (χ0v) is 18.3. The molecule has 0 saturated heterocycles. The Labute approximate surface area is 194 Å². The van der Waals surface area contributed by atoms with E-state index in [-0.39, 0.29) is 11.4 Å². The van der Waals surface area contributed by atoms with E-state index in [1.807, 2.05) is 24.3 Å². The average Bonchev–Trinajstić information content (AvgIpc) is 3.55. The van der Waals surface area contributed by atoms with Gasteiger partial charge in [-0.15, -0.1) is 0 Å². The summed E-state index contributed by atoms with van der Waals surface area (Å²) in [6.45, 7) is 0. The lowest BCUT2D eigenvalue weighted by Gasteiger charge is -2.08. The number of nitrogens with zero attached hydrogens (tertiary/aromatic N) is 2. The highest BCUT2D eigenvalue weighted by atomic mass is 16.6. The Kier molecular flexibility index (Phi) is 4.98. The van der Waals surface area contributed by atoms with Crippen molar-refractivity contribution in [2.75, 3.05) is 14.2 Å². The van der Waals surface area contributed by atoms with Crippen LogP contribution in [0.1, 0.15) is 22.3 Å². The molecule has 0 unspecified atom stereocenters. The van der Waals surface area contributed by atoms with Crippen molar-refractivity contribution >= 4 is 33.3 Å². The molecule has 34 heavy (non-hydrogen) atoms. The Hall–Kier alpha value is -4.72. The van der Waals surface area contributed by atoms with E-state index >= 15 is 0 Å². The number of fused-ring (bicyclic) bond motifs is 2. The van der Waals surface area contributed by atoms with E-state index in [9.17, 15) is 20.2 Å². The minimum absolute atomic E-state index is 0.00896. The van der Waals surface area contributed by atoms with Crippen LogP contribution in [0.4, 0.5) is 11.4 Å². The Morgan fingerprint density at radius 1 is 0.647 bits per heavy atom. The van der Waals surface area contributed by atoms with Crippen LogP contribution in [-0.4, -0.2) is 24.1 Å². The predicted molar refractivity (Wildman–Crippen MR) is 128 cm³/mol. The van der Waals surface area contributed by atoms with Gasteiger partial charge >= 0.3 is 0 Å². The second kappa shape index (κ2) is 8.00. The minimum Gasteiger partial charge on any atom is -0.496 e. The summed E-state index contributed by atoms with van der Waals surface area (Å²) in [7, 11) is 3.23. The van der Waals surface area contributed by atoms with Crippen molar-refractivity contribution in [3.63, 3.8) is 0 Å². The van der Waals surface area contributed by atoms with Gasteiger partial charge in [0.1, 0.15) is 11.5 Å². The smallest absolute Gasteiger partial charge is 0.269 e. The van der Waals surface area contributed by atoms with E-state index in [1.165, 1.54) is 24.3 Å². The summed E-state index contributed by atoms with van der Waals surface area (Å²) in [4.78, 5) is 21.4. The zero-order valence-electron chi connectivity index (χ0n) is 18.3. The van der Waals surface area contributed by atoms with Gasteiger partial charge < -0.3 is 9.47 Å². The lowest BCUT2D eigenvalue weighted by atomic mass is 9.95. The third kappa shape index (κ3) is 3.41. The monoisotopic (exact) mass is 454 g/mol. The Bertz CT molecular complexity index is 1390. The van der Waals surface area contributed by atoms with Gasteiger partial charge in [-0.3, -0.25) is 20.2 Å². The van der Waals surface area contributed by atoms with Crippen molar-refractivity contribution in [1.29, 1.82) is 0 Å². The Balaban J connectivity index is 1.73. The van der Waals surface area contributed by atoms with Crippen molar-refractivity contribution < 1.29 is 19.3 Å². The lowest BCUT2D eigenvalue weighted by molar-refractivity contribution is -0.385. The number of non-ortho nitro benzene ring substituents is 2. The Morgan fingerprint density at radius 3 is 1.35 bits per heavy atom. The molecular formula is C26H18N2O6. The van der Waals surface area contributed by atoms with Crippen molar-refractivity contribution in [2.45, 2.75) is 0 Å².